The molecule has 1 aliphatic heterocycles. The Morgan fingerprint density at radius 2 is 2.11 bits per heavy atom. The predicted molar refractivity (Wildman–Crippen MR) is 108 cm³/mol. The van der Waals surface area contributed by atoms with Gasteiger partial charge in [0.05, 0.1) is 10.7 Å². The van der Waals surface area contributed by atoms with Gasteiger partial charge in [-0.25, -0.2) is 15.0 Å². The van der Waals surface area contributed by atoms with Gasteiger partial charge < -0.3 is 15.4 Å². The number of nitrogens with zero attached hydrogens (tertiary/aromatic N) is 3. The fraction of sp³-hybridized carbons (Fsp3) is 0.300. The molecule has 1 saturated heterocycles. The average Bonchev–Trinajstić information content (AvgIpc) is 3.34. The average molecular weight is 395 g/mol. The number of aromatic nitrogens is 3. The maximum absolute atomic E-state index is 12.8. The molecule has 1 aromatic carbocycles. The molecular formula is C20H21N5O2S. The van der Waals surface area contributed by atoms with Crippen molar-refractivity contribution in [3.8, 4) is 11.8 Å². The Morgan fingerprint density at radius 3 is 2.82 bits per heavy atom. The summed E-state index contributed by atoms with van der Waals surface area (Å²) >= 11 is 1.49. The summed E-state index contributed by atoms with van der Waals surface area (Å²) in [6.45, 7) is 5.75. The lowest BCUT2D eigenvalue weighted by molar-refractivity contribution is 0.102. The highest BCUT2D eigenvalue weighted by Crippen LogP contribution is 2.30. The van der Waals surface area contributed by atoms with Crippen LogP contribution in [0.2, 0.25) is 0 Å². The van der Waals surface area contributed by atoms with Gasteiger partial charge in [0.2, 0.25) is 0 Å². The lowest BCUT2D eigenvalue weighted by Crippen LogP contribution is -2.12. The van der Waals surface area contributed by atoms with Crippen LogP contribution in [0.4, 0.5) is 5.69 Å². The molecule has 1 fully saturated rings. The second-order valence-corrected chi connectivity index (χ2v) is 7.75. The van der Waals surface area contributed by atoms with Gasteiger partial charge in [-0.2, -0.15) is 0 Å². The van der Waals surface area contributed by atoms with Crippen molar-refractivity contribution < 1.29 is 9.53 Å². The van der Waals surface area contributed by atoms with E-state index in [1.807, 2.05) is 26.0 Å². The Morgan fingerprint density at radius 1 is 1.29 bits per heavy atom. The molecule has 1 unspecified atom stereocenters. The number of carbonyl (C=O) groups is 1. The molecule has 2 N–H and O–H groups in total. The molecule has 144 valence electrons. The molecule has 2 aromatic heterocycles. The zero-order valence-electron chi connectivity index (χ0n) is 15.7. The number of amides is 1. The minimum atomic E-state index is -0.129. The fourth-order valence-electron chi connectivity index (χ4n) is 3.13. The first kappa shape index (κ1) is 18.5. The second kappa shape index (κ2) is 8.04. The highest BCUT2D eigenvalue weighted by molar-refractivity contribution is 7.14. The van der Waals surface area contributed by atoms with Gasteiger partial charge in [0.1, 0.15) is 10.6 Å². The number of nitrogens with one attached hydrogen (secondary N) is 2. The number of anilines is 1. The molecule has 3 aromatic rings. The number of aryl methyl sites for hydroxylation is 2. The molecule has 0 bridgehead atoms. The number of hydrogen-bond acceptors (Lipinski definition) is 7. The van der Waals surface area contributed by atoms with Gasteiger partial charge in [0.15, 0.2) is 0 Å². The van der Waals surface area contributed by atoms with E-state index in [-0.39, 0.29) is 11.9 Å². The molecule has 1 amide bonds. The SMILES string of the molecule is Cc1cc(Oc2ncccn2)ccc1NC(=O)c1sc(C2CCNC2)nc1C. The Labute approximate surface area is 167 Å². The molecule has 0 aliphatic carbocycles. The summed E-state index contributed by atoms with van der Waals surface area (Å²) in [7, 11) is 0. The van der Waals surface area contributed by atoms with Crippen LogP contribution in [-0.2, 0) is 0 Å². The maximum Gasteiger partial charge on any atom is 0.321 e. The third-order valence-electron chi connectivity index (χ3n) is 4.63. The first-order valence-corrected chi connectivity index (χ1v) is 9.96. The largest absolute Gasteiger partial charge is 0.424 e. The number of carbonyl (C=O) groups excluding carboxylic acids is 1. The van der Waals surface area contributed by atoms with Crippen molar-refractivity contribution in [2.24, 2.45) is 0 Å². The number of ether oxygens (including phenoxy) is 1. The minimum Gasteiger partial charge on any atom is -0.424 e. The Balaban J connectivity index is 1.47. The zero-order chi connectivity index (χ0) is 19.5. The molecule has 0 radical (unpaired) electrons. The quantitative estimate of drug-likeness (QED) is 0.685. The third-order valence-corrected chi connectivity index (χ3v) is 5.94. The molecule has 28 heavy (non-hydrogen) atoms. The molecule has 0 saturated carbocycles. The van der Waals surface area contributed by atoms with Crippen LogP contribution in [0.15, 0.2) is 36.7 Å². The van der Waals surface area contributed by atoms with E-state index in [9.17, 15) is 4.79 Å². The van der Waals surface area contributed by atoms with Gasteiger partial charge in [-0.3, -0.25) is 4.79 Å². The van der Waals surface area contributed by atoms with Crippen LogP contribution >= 0.6 is 11.3 Å². The summed E-state index contributed by atoms with van der Waals surface area (Å²) in [6, 6.07) is 7.47. The Bertz CT molecular complexity index is 984. The smallest absolute Gasteiger partial charge is 0.321 e. The van der Waals surface area contributed by atoms with E-state index in [1.54, 1.807) is 24.5 Å². The highest BCUT2D eigenvalue weighted by atomic mass is 32.1. The van der Waals surface area contributed by atoms with E-state index >= 15 is 0 Å². The maximum atomic E-state index is 12.8. The third kappa shape index (κ3) is 4.02. The van der Waals surface area contributed by atoms with Gasteiger partial charge in [-0.15, -0.1) is 11.3 Å². The highest BCUT2D eigenvalue weighted by Gasteiger charge is 2.23. The Kier molecular flexibility index (Phi) is 5.31. The lowest BCUT2D eigenvalue weighted by atomic mass is 10.1. The van der Waals surface area contributed by atoms with Crippen molar-refractivity contribution in [3.05, 3.63) is 57.8 Å². The van der Waals surface area contributed by atoms with Gasteiger partial charge in [0.25, 0.3) is 5.91 Å². The number of hydrogen-bond donors (Lipinski definition) is 2. The van der Waals surface area contributed by atoms with Crippen LogP contribution in [0.1, 0.15) is 38.3 Å². The summed E-state index contributed by atoms with van der Waals surface area (Å²) in [5, 5.41) is 7.37. The van der Waals surface area contributed by atoms with Crippen molar-refractivity contribution >= 4 is 22.9 Å². The molecule has 1 aliphatic rings. The van der Waals surface area contributed by atoms with Crippen LogP contribution in [0.5, 0.6) is 11.8 Å². The van der Waals surface area contributed by atoms with Crippen molar-refractivity contribution in [2.45, 2.75) is 26.2 Å². The van der Waals surface area contributed by atoms with Crippen molar-refractivity contribution in [1.29, 1.82) is 0 Å². The molecule has 0 spiro atoms. The molecular weight excluding hydrogens is 374 g/mol. The first-order chi connectivity index (χ1) is 13.6. The number of thiazole rings is 1. The summed E-state index contributed by atoms with van der Waals surface area (Å²) in [5.41, 5.74) is 2.41. The molecule has 8 heteroatoms. The fourth-order valence-corrected chi connectivity index (χ4v) is 4.23. The van der Waals surface area contributed by atoms with E-state index in [2.05, 4.69) is 25.6 Å². The summed E-state index contributed by atoms with van der Waals surface area (Å²) in [6.07, 6.45) is 4.31. The van der Waals surface area contributed by atoms with E-state index in [1.165, 1.54) is 11.3 Å². The van der Waals surface area contributed by atoms with E-state index in [4.69, 9.17) is 4.74 Å². The van der Waals surface area contributed by atoms with E-state index < -0.39 is 0 Å². The zero-order valence-corrected chi connectivity index (χ0v) is 16.5. The van der Waals surface area contributed by atoms with Gasteiger partial charge in [0, 0.05) is 30.5 Å². The lowest BCUT2D eigenvalue weighted by Gasteiger charge is -2.10. The van der Waals surface area contributed by atoms with Crippen molar-refractivity contribution in [1.82, 2.24) is 20.3 Å². The van der Waals surface area contributed by atoms with Gasteiger partial charge in [-0.05, 0) is 56.6 Å². The summed E-state index contributed by atoms with van der Waals surface area (Å²) in [5.74, 6) is 0.894. The predicted octanol–water partition coefficient (Wildman–Crippen LogP) is 3.67. The number of rotatable bonds is 5. The molecule has 7 nitrogen and oxygen atoms in total. The molecule has 1 atom stereocenters. The van der Waals surface area contributed by atoms with E-state index in [0.717, 1.165) is 41.5 Å². The van der Waals surface area contributed by atoms with Crippen LogP contribution in [0.3, 0.4) is 0 Å². The second-order valence-electron chi connectivity index (χ2n) is 6.72. The topological polar surface area (TPSA) is 89.0 Å². The molecule has 3 heterocycles. The monoisotopic (exact) mass is 395 g/mol. The first-order valence-electron chi connectivity index (χ1n) is 9.15. The van der Waals surface area contributed by atoms with Gasteiger partial charge >= 0.3 is 6.01 Å². The van der Waals surface area contributed by atoms with Crippen molar-refractivity contribution in [2.75, 3.05) is 18.4 Å². The Hall–Kier alpha value is -2.84. The van der Waals surface area contributed by atoms with Crippen LogP contribution in [0, 0.1) is 13.8 Å². The summed E-state index contributed by atoms with van der Waals surface area (Å²) < 4.78 is 5.63. The minimum absolute atomic E-state index is 0.129. The van der Waals surface area contributed by atoms with E-state index in [0.29, 0.717) is 16.5 Å². The van der Waals surface area contributed by atoms with Gasteiger partial charge in [-0.1, -0.05) is 0 Å². The van der Waals surface area contributed by atoms with Crippen LogP contribution in [-0.4, -0.2) is 33.9 Å². The molecule has 4 rings (SSSR count). The van der Waals surface area contributed by atoms with Crippen molar-refractivity contribution in [3.63, 3.8) is 0 Å². The van der Waals surface area contributed by atoms with Crippen LogP contribution in [0.25, 0.3) is 0 Å². The number of benzene rings is 1. The normalized spacial score (nSPS) is 16.1. The van der Waals surface area contributed by atoms with Crippen LogP contribution < -0.4 is 15.4 Å². The standard InChI is InChI=1S/C20H21N5O2S/c1-12-10-15(27-20-22-7-3-8-23-20)4-5-16(12)25-18(26)17-13(2)24-19(28-17)14-6-9-21-11-14/h3-5,7-8,10,14,21H,6,9,11H2,1-2H3,(H,25,26). The summed E-state index contributed by atoms with van der Waals surface area (Å²) in [4.78, 5) is 26.2.